The number of ether oxygens (including phenoxy) is 1. The number of carbonyl (C=O) groups is 1. The zero-order chi connectivity index (χ0) is 21.1. The van der Waals surface area contributed by atoms with Crippen LogP contribution in [0.15, 0.2) is 23.1 Å². The Morgan fingerprint density at radius 1 is 1.10 bits per heavy atom. The van der Waals surface area contributed by atoms with Crippen molar-refractivity contribution < 1.29 is 17.9 Å². The van der Waals surface area contributed by atoms with Gasteiger partial charge in [-0.3, -0.25) is 9.69 Å². The van der Waals surface area contributed by atoms with Crippen LogP contribution in [-0.4, -0.2) is 68.5 Å². The lowest BCUT2D eigenvalue weighted by Crippen LogP contribution is -2.54. The highest BCUT2D eigenvalue weighted by molar-refractivity contribution is 7.89. The Balaban J connectivity index is 1.45. The van der Waals surface area contributed by atoms with Gasteiger partial charge in [-0.15, -0.1) is 0 Å². The molecule has 166 valence electrons. The standard InChI is InChI=1S/C22H33N3O4S/c1-17-9-10-18(30(27,28)25-11-5-2-6-12-25)15-19(17)23-22(26)16-24-13-14-29-21-8-4-3-7-20(21)24/h9-10,15,20-21H,2-8,11-14,16H2,1H3,(H,23,26). The molecule has 3 fully saturated rings. The molecule has 2 saturated heterocycles. The van der Waals surface area contributed by atoms with E-state index in [0.29, 0.717) is 38.0 Å². The largest absolute Gasteiger partial charge is 0.375 e. The average Bonchev–Trinajstić information content (AvgIpc) is 2.76. The van der Waals surface area contributed by atoms with Gasteiger partial charge in [-0.25, -0.2) is 8.42 Å². The Morgan fingerprint density at radius 3 is 2.67 bits per heavy atom. The number of morpholine rings is 1. The summed E-state index contributed by atoms with van der Waals surface area (Å²) >= 11 is 0. The van der Waals surface area contributed by atoms with E-state index in [1.54, 1.807) is 22.5 Å². The van der Waals surface area contributed by atoms with Crippen molar-refractivity contribution in [1.29, 1.82) is 0 Å². The van der Waals surface area contributed by atoms with Crippen molar-refractivity contribution in [3.63, 3.8) is 0 Å². The van der Waals surface area contributed by atoms with Crippen molar-refractivity contribution in [2.45, 2.75) is 68.9 Å². The number of nitrogens with zero attached hydrogens (tertiary/aromatic N) is 2. The van der Waals surface area contributed by atoms with E-state index < -0.39 is 10.0 Å². The van der Waals surface area contributed by atoms with Gasteiger partial charge in [0.1, 0.15) is 0 Å². The molecule has 3 aliphatic rings. The number of anilines is 1. The van der Waals surface area contributed by atoms with Gasteiger partial charge in [-0.1, -0.05) is 25.3 Å². The van der Waals surface area contributed by atoms with Crippen LogP contribution in [0.5, 0.6) is 0 Å². The number of benzene rings is 1. The minimum absolute atomic E-state index is 0.100. The summed E-state index contributed by atoms with van der Waals surface area (Å²) in [5.74, 6) is -0.100. The second-order valence-electron chi connectivity index (χ2n) is 8.72. The number of piperidine rings is 1. The van der Waals surface area contributed by atoms with Crippen molar-refractivity contribution in [3.05, 3.63) is 23.8 Å². The lowest BCUT2D eigenvalue weighted by molar-refractivity contribution is -0.124. The topological polar surface area (TPSA) is 79.0 Å². The first-order valence-corrected chi connectivity index (χ1v) is 12.7. The van der Waals surface area contributed by atoms with Gasteiger partial charge in [0.25, 0.3) is 0 Å². The third-order valence-electron chi connectivity index (χ3n) is 6.63. The molecule has 0 radical (unpaired) electrons. The van der Waals surface area contributed by atoms with Gasteiger partial charge < -0.3 is 10.1 Å². The smallest absolute Gasteiger partial charge is 0.243 e. The second-order valence-corrected chi connectivity index (χ2v) is 10.7. The fourth-order valence-electron chi connectivity index (χ4n) is 4.90. The zero-order valence-corrected chi connectivity index (χ0v) is 18.6. The molecule has 2 unspecified atom stereocenters. The van der Waals surface area contributed by atoms with Gasteiger partial charge in [0.2, 0.25) is 15.9 Å². The van der Waals surface area contributed by atoms with E-state index in [4.69, 9.17) is 4.74 Å². The molecule has 1 aromatic rings. The van der Waals surface area contributed by atoms with Crippen LogP contribution in [0.2, 0.25) is 0 Å². The molecule has 30 heavy (non-hydrogen) atoms. The molecule has 0 aromatic heterocycles. The van der Waals surface area contributed by atoms with Gasteiger partial charge in [0.05, 0.1) is 24.2 Å². The molecule has 4 rings (SSSR count). The van der Waals surface area contributed by atoms with Gasteiger partial charge in [0.15, 0.2) is 0 Å². The number of carbonyl (C=O) groups excluding carboxylic acids is 1. The summed E-state index contributed by atoms with van der Waals surface area (Å²) in [5.41, 5.74) is 1.44. The highest BCUT2D eigenvalue weighted by Gasteiger charge is 2.35. The summed E-state index contributed by atoms with van der Waals surface area (Å²) in [7, 11) is -3.52. The van der Waals surface area contributed by atoms with Crippen molar-refractivity contribution in [3.8, 4) is 0 Å². The molecule has 0 bridgehead atoms. The van der Waals surface area contributed by atoms with Crippen LogP contribution in [-0.2, 0) is 19.6 Å². The van der Waals surface area contributed by atoms with E-state index in [1.807, 2.05) is 6.92 Å². The number of fused-ring (bicyclic) bond motifs is 1. The van der Waals surface area contributed by atoms with Gasteiger partial charge in [-0.05, 0) is 50.3 Å². The first kappa shape index (κ1) is 21.7. The van der Waals surface area contributed by atoms with Gasteiger partial charge in [0, 0.05) is 31.4 Å². The number of hydrogen-bond donors (Lipinski definition) is 1. The Labute approximate surface area is 179 Å². The lowest BCUT2D eigenvalue weighted by atomic mass is 9.90. The highest BCUT2D eigenvalue weighted by Crippen LogP contribution is 2.29. The summed E-state index contributed by atoms with van der Waals surface area (Å²) in [6.07, 6.45) is 7.62. The Bertz CT molecular complexity index is 865. The number of rotatable bonds is 5. The second kappa shape index (κ2) is 9.34. The Kier molecular flexibility index (Phi) is 6.77. The highest BCUT2D eigenvalue weighted by atomic mass is 32.2. The molecule has 8 heteroatoms. The minimum Gasteiger partial charge on any atom is -0.375 e. The maximum absolute atomic E-state index is 13.0. The van der Waals surface area contributed by atoms with E-state index in [1.165, 1.54) is 12.8 Å². The van der Waals surface area contributed by atoms with Gasteiger partial charge >= 0.3 is 0 Å². The lowest BCUT2D eigenvalue weighted by Gasteiger charge is -2.43. The number of sulfonamides is 1. The third-order valence-corrected chi connectivity index (χ3v) is 8.52. The van der Waals surface area contributed by atoms with E-state index in [-0.39, 0.29) is 16.9 Å². The maximum Gasteiger partial charge on any atom is 0.243 e. The van der Waals surface area contributed by atoms with E-state index in [2.05, 4.69) is 10.2 Å². The van der Waals surface area contributed by atoms with Crippen LogP contribution in [0.4, 0.5) is 5.69 Å². The first-order chi connectivity index (χ1) is 14.4. The van der Waals surface area contributed by atoms with Crippen LogP contribution in [0.3, 0.4) is 0 Å². The third kappa shape index (κ3) is 4.72. The summed E-state index contributed by atoms with van der Waals surface area (Å²) in [5, 5.41) is 2.96. The normalized spacial score (nSPS) is 26.2. The van der Waals surface area contributed by atoms with Crippen LogP contribution in [0.1, 0.15) is 50.5 Å². The van der Waals surface area contributed by atoms with Crippen molar-refractivity contribution in [1.82, 2.24) is 9.21 Å². The first-order valence-electron chi connectivity index (χ1n) is 11.2. The van der Waals surface area contributed by atoms with Crippen LogP contribution < -0.4 is 5.32 Å². The number of nitrogens with one attached hydrogen (secondary N) is 1. The number of amides is 1. The molecule has 1 aromatic carbocycles. The molecule has 1 amide bonds. The van der Waals surface area contributed by atoms with Crippen molar-refractivity contribution in [2.24, 2.45) is 0 Å². The van der Waals surface area contributed by atoms with Crippen LogP contribution in [0, 0.1) is 6.92 Å². The van der Waals surface area contributed by atoms with Crippen LogP contribution >= 0.6 is 0 Å². The molecule has 2 atom stereocenters. The fraction of sp³-hybridized carbons (Fsp3) is 0.682. The average molecular weight is 436 g/mol. The molecule has 1 N–H and O–H groups in total. The zero-order valence-electron chi connectivity index (χ0n) is 17.8. The molecule has 2 heterocycles. The predicted molar refractivity (Wildman–Crippen MR) is 116 cm³/mol. The molecular weight excluding hydrogens is 402 g/mol. The Morgan fingerprint density at radius 2 is 1.87 bits per heavy atom. The number of hydrogen-bond acceptors (Lipinski definition) is 5. The summed E-state index contributed by atoms with van der Waals surface area (Å²) in [4.78, 5) is 15.3. The Hall–Kier alpha value is -1.48. The summed E-state index contributed by atoms with van der Waals surface area (Å²) < 4.78 is 33.5. The molecule has 7 nitrogen and oxygen atoms in total. The minimum atomic E-state index is -3.52. The van der Waals surface area contributed by atoms with E-state index in [0.717, 1.165) is 44.2 Å². The molecule has 1 aliphatic carbocycles. The van der Waals surface area contributed by atoms with Gasteiger partial charge in [-0.2, -0.15) is 4.31 Å². The maximum atomic E-state index is 13.0. The molecule has 0 spiro atoms. The van der Waals surface area contributed by atoms with Crippen molar-refractivity contribution in [2.75, 3.05) is 38.1 Å². The molecular formula is C22H33N3O4S. The molecule has 1 saturated carbocycles. The predicted octanol–water partition coefficient (Wildman–Crippen LogP) is 2.75. The monoisotopic (exact) mass is 435 g/mol. The SMILES string of the molecule is Cc1ccc(S(=O)(=O)N2CCCCC2)cc1NC(=O)CN1CCOC2CCCCC21. The summed E-state index contributed by atoms with van der Waals surface area (Å²) in [6.45, 7) is 4.76. The quantitative estimate of drug-likeness (QED) is 0.769. The van der Waals surface area contributed by atoms with Crippen LogP contribution in [0.25, 0.3) is 0 Å². The fourth-order valence-corrected chi connectivity index (χ4v) is 6.44. The summed E-state index contributed by atoms with van der Waals surface area (Å²) in [6, 6.07) is 5.34. The van der Waals surface area contributed by atoms with Crippen molar-refractivity contribution >= 4 is 21.6 Å². The van der Waals surface area contributed by atoms with E-state index in [9.17, 15) is 13.2 Å². The number of aryl methyl sites for hydroxylation is 1. The molecule has 2 aliphatic heterocycles. The van der Waals surface area contributed by atoms with E-state index >= 15 is 0 Å².